The number of aromatic nitrogens is 1. The highest BCUT2D eigenvalue weighted by Gasteiger charge is 2.38. The molecule has 184 valence electrons. The van der Waals surface area contributed by atoms with Gasteiger partial charge in [0.05, 0.1) is 29.4 Å². The zero-order valence-corrected chi connectivity index (χ0v) is 19.9. The molecule has 1 unspecified atom stereocenters. The van der Waals surface area contributed by atoms with E-state index in [4.69, 9.17) is 14.6 Å². The number of nitrogens with zero attached hydrogens (tertiary/aromatic N) is 2. The Labute approximate surface area is 211 Å². The fourth-order valence-corrected chi connectivity index (χ4v) is 5.11. The van der Waals surface area contributed by atoms with Gasteiger partial charge in [0.25, 0.3) is 0 Å². The Morgan fingerprint density at radius 1 is 1.00 bits per heavy atom. The minimum Gasteiger partial charge on any atom is -0.478 e. The lowest BCUT2D eigenvalue weighted by Crippen LogP contribution is -2.29. The second-order valence-electron chi connectivity index (χ2n) is 9.01. The Kier molecular flexibility index (Phi) is 5.30. The van der Waals surface area contributed by atoms with Crippen LogP contribution in [0.1, 0.15) is 38.8 Å². The fourth-order valence-electron chi connectivity index (χ4n) is 5.11. The van der Waals surface area contributed by atoms with Gasteiger partial charge >= 0.3 is 5.97 Å². The van der Waals surface area contributed by atoms with Crippen LogP contribution in [0.15, 0.2) is 77.6 Å². The highest BCUT2D eigenvalue weighted by atomic mass is 16.7. The van der Waals surface area contributed by atoms with Gasteiger partial charge in [-0.2, -0.15) is 0 Å². The molecule has 8 nitrogen and oxygen atoms in total. The molecule has 1 amide bonds. The quantitative estimate of drug-likeness (QED) is 0.429. The van der Waals surface area contributed by atoms with Crippen molar-refractivity contribution in [1.82, 2.24) is 9.47 Å². The Bertz CT molecular complexity index is 1670. The first-order valence-electron chi connectivity index (χ1n) is 11.7. The molecule has 6 rings (SSSR count). The third-order valence-electron chi connectivity index (χ3n) is 6.93. The van der Waals surface area contributed by atoms with Crippen LogP contribution in [0.4, 0.5) is 0 Å². The molecule has 0 bridgehead atoms. The van der Waals surface area contributed by atoms with Gasteiger partial charge in [0.1, 0.15) is 0 Å². The molecule has 0 fully saturated rings. The van der Waals surface area contributed by atoms with Crippen LogP contribution in [0.3, 0.4) is 0 Å². The molecule has 1 N–H and O–H groups in total. The summed E-state index contributed by atoms with van der Waals surface area (Å²) >= 11 is 0. The number of fused-ring (bicyclic) bond motifs is 3. The van der Waals surface area contributed by atoms with Crippen LogP contribution in [-0.2, 0) is 18.4 Å². The number of carbonyl (C=O) groups excluding carboxylic acids is 1. The van der Waals surface area contributed by atoms with Crippen LogP contribution in [0.5, 0.6) is 11.5 Å². The molecule has 4 aromatic rings. The normalized spacial score (nSPS) is 15.9. The van der Waals surface area contributed by atoms with Crippen molar-refractivity contribution >= 4 is 28.9 Å². The number of carboxylic acid groups (broad SMARTS) is 1. The van der Waals surface area contributed by atoms with Gasteiger partial charge in [0.2, 0.25) is 12.7 Å². The number of benzene rings is 3. The fraction of sp³-hybridized carbons (Fsp3) is 0.138. The van der Waals surface area contributed by atoms with Crippen LogP contribution in [0.2, 0.25) is 0 Å². The Balaban J connectivity index is 1.44. The topological polar surface area (TPSA) is 98.1 Å². The van der Waals surface area contributed by atoms with Gasteiger partial charge in [0, 0.05) is 24.1 Å². The second-order valence-corrected chi connectivity index (χ2v) is 9.01. The molecule has 1 aromatic heterocycles. The number of hydrogen-bond donors (Lipinski definition) is 1. The zero-order valence-electron chi connectivity index (χ0n) is 19.9. The van der Waals surface area contributed by atoms with Gasteiger partial charge in [-0.3, -0.25) is 9.59 Å². The van der Waals surface area contributed by atoms with E-state index in [2.05, 4.69) is 0 Å². The van der Waals surface area contributed by atoms with E-state index in [0.717, 1.165) is 16.8 Å². The molecule has 3 aromatic carbocycles. The van der Waals surface area contributed by atoms with Crippen molar-refractivity contribution < 1.29 is 24.2 Å². The number of rotatable bonds is 4. The molecule has 2 aliphatic heterocycles. The van der Waals surface area contributed by atoms with Crippen LogP contribution in [0.25, 0.3) is 17.0 Å². The van der Waals surface area contributed by atoms with Crippen molar-refractivity contribution in [3.05, 3.63) is 111 Å². The molecular weight excluding hydrogens is 472 g/mol. The molecule has 1 atom stereocenters. The van der Waals surface area contributed by atoms with E-state index in [0.29, 0.717) is 28.0 Å². The van der Waals surface area contributed by atoms with Crippen molar-refractivity contribution in [2.24, 2.45) is 7.05 Å². The van der Waals surface area contributed by atoms with E-state index in [9.17, 15) is 14.4 Å². The van der Waals surface area contributed by atoms with Crippen LogP contribution in [0, 0.1) is 0 Å². The minimum atomic E-state index is -1.01. The highest BCUT2D eigenvalue weighted by molar-refractivity contribution is 5.93. The van der Waals surface area contributed by atoms with E-state index >= 15 is 0 Å². The molecule has 2 aliphatic rings. The van der Waals surface area contributed by atoms with Crippen LogP contribution >= 0.6 is 0 Å². The molecule has 0 saturated heterocycles. The number of aryl methyl sites for hydroxylation is 1. The number of pyridine rings is 1. The summed E-state index contributed by atoms with van der Waals surface area (Å²) in [5, 5.41) is 9.72. The maximum atomic E-state index is 13.6. The predicted octanol–water partition coefficient (Wildman–Crippen LogP) is 4.11. The lowest BCUT2D eigenvalue weighted by Gasteiger charge is -2.26. The maximum Gasteiger partial charge on any atom is 0.335 e. The highest BCUT2D eigenvalue weighted by Crippen LogP contribution is 2.42. The maximum absolute atomic E-state index is 13.6. The zero-order chi connectivity index (χ0) is 25.7. The average Bonchev–Trinajstić information content (AvgIpc) is 3.55. The van der Waals surface area contributed by atoms with Crippen molar-refractivity contribution in [3.8, 4) is 11.5 Å². The third kappa shape index (κ3) is 3.74. The largest absolute Gasteiger partial charge is 0.478 e. The summed E-state index contributed by atoms with van der Waals surface area (Å²) in [6.45, 7) is 0.294. The average molecular weight is 495 g/mol. The van der Waals surface area contributed by atoms with E-state index in [1.54, 1.807) is 29.2 Å². The lowest BCUT2D eigenvalue weighted by molar-refractivity contribution is -0.127. The Hall–Kier alpha value is -4.85. The molecule has 0 aliphatic carbocycles. The number of para-hydroxylation sites is 1. The number of ether oxygens (including phenoxy) is 2. The van der Waals surface area contributed by atoms with E-state index in [-0.39, 0.29) is 30.2 Å². The summed E-state index contributed by atoms with van der Waals surface area (Å²) in [6.07, 6.45) is 3.09. The van der Waals surface area contributed by atoms with Gasteiger partial charge in [-0.1, -0.05) is 30.3 Å². The van der Waals surface area contributed by atoms with Crippen LogP contribution < -0.4 is 14.9 Å². The molecule has 0 saturated carbocycles. The van der Waals surface area contributed by atoms with Gasteiger partial charge in [-0.25, -0.2) is 4.79 Å². The lowest BCUT2D eigenvalue weighted by atomic mass is 10.00. The number of amides is 1. The molecule has 0 radical (unpaired) electrons. The number of hydrogen-bond acceptors (Lipinski definition) is 5. The minimum absolute atomic E-state index is 0.0852. The summed E-state index contributed by atoms with van der Waals surface area (Å²) < 4.78 is 13.0. The van der Waals surface area contributed by atoms with Gasteiger partial charge in [0.15, 0.2) is 16.9 Å². The Morgan fingerprint density at radius 3 is 2.54 bits per heavy atom. The molecule has 8 heteroatoms. The number of carboxylic acids is 1. The van der Waals surface area contributed by atoms with Crippen molar-refractivity contribution in [2.45, 2.75) is 12.6 Å². The molecular formula is C29H22N2O6. The Morgan fingerprint density at radius 2 is 1.76 bits per heavy atom. The van der Waals surface area contributed by atoms with Gasteiger partial charge in [-0.05, 0) is 53.6 Å². The first-order valence-corrected chi connectivity index (χ1v) is 11.7. The van der Waals surface area contributed by atoms with Crippen molar-refractivity contribution in [2.75, 3.05) is 6.79 Å². The smallest absolute Gasteiger partial charge is 0.335 e. The van der Waals surface area contributed by atoms with E-state index in [1.165, 1.54) is 18.2 Å². The van der Waals surface area contributed by atoms with Crippen molar-refractivity contribution in [1.29, 1.82) is 0 Å². The van der Waals surface area contributed by atoms with Gasteiger partial charge in [-0.15, -0.1) is 0 Å². The summed E-state index contributed by atoms with van der Waals surface area (Å²) in [5.41, 5.74) is 3.71. The van der Waals surface area contributed by atoms with E-state index in [1.807, 2.05) is 48.0 Å². The summed E-state index contributed by atoms with van der Waals surface area (Å²) in [7, 11) is 1.91. The monoisotopic (exact) mass is 494 g/mol. The standard InChI is InChI=1S/C29H22N2O6/c1-30-22-5-3-2-4-20(22)28(33)21-15-31(25(32)13-8-17-6-9-18(10-7-17)29(34)35)26(27(21)30)19-11-12-23-24(14-19)37-16-36-23/h2-14,26H,15-16H2,1H3,(H,34,35). The van der Waals surface area contributed by atoms with Gasteiger partial charge < -0.3 is 24.0 Å². The van der Waals surface area contributed by atoms with Crippen molar-refractivity contribution in [3.63, 3.8) is 0 Å². The molecule has 37 heavy (non-hydrogen) atoms. The summed E-state index contributed by atoms with van der Waals surface area (Å²) in [4.78, 5) is 39.9. The first kappa shape index (κ1) is 22.6. The summed E-state index contributed by atoms with van der Waals surface area (Å²) in [6, 6.07) is 18.7. The summed E-state index contributed by atoms with van der Waals surface area (Å²) in [5.74, 6) is -0.0542. The molecule has 0 spiro atoms. The SMILES string of the molecule is Cn1c2c(c(=O)c3ccccc31)CN(C(=O)C=Cc1ccc(C(=O)O)cc1)C2c1ccc2c(c1)OCO2. The van der Waals surface area contributed by atoms with E-state index < -0.39 is 12.0 Å². The predicted molar refractivity (Wildman–Crippen MR) is 137 cm³/mol. The third-order valence-corrected chi connectivity index (χ3v) is 6.93. The molecule has 3 heterocycles. The number of carbonyl (C=O) groups is 2. The second kappa shape index (κ2) is 8.67. The first-order chi connectivity index (χ1) is 17.9. The number of aromatic carboxylic acids is 1. The van der Waals surface area contributed by atoms with Crippen LogP contribution in [-0.4, -0.2) is 33.2 Å².